The fourth-order valence-corrected chi connectivity index (χ4v) is 14.3. The molecule has 0 heterocycles. The zero-order valence-electron chi connectivity index (χ0n) is 34.5. The zero-order chi connectivity index (χ0) is 39.6. The number of ether oxygens (including phenoxy) is 1. The molecule has 0 bridgehead atoms. The van der Waals surface area contributed by atoms with E-state index < -0.39 is 13.9 Å². The Labute approximate surface area is 338 Å². The van der Waals surface area contributed by atoms with E-state index >= 15 is 0 Å². The van der Waals surface area contributed by atoms with Crippen LogP contribution in [0, 0.1) is 23.7 Å². The summed E-state index contributed by atoms with van der Waals surface area (Å²) in [6.45, 7) is 14.5. The maximum atomic E-state index is 12.9. The molecule has 294 valence electrons. The van der Waals surface area contributed by atoms with Crippen LogP contribution in [0.1, 0.15) is 90.3 Å². The maximum absolute atomic E-state index is 12.9. The van der Waals surface area contributed by atoms with Crippen molar-refractivity contribution >= 4 is 24.6 Å². The minimum atomic E-state index is -2.78. The predicted molar refractivity (Wildman–Crippen MR) is 235 cm³/mol. The van der Waals surface area contributed by atoms with Crippen molar-refractivity contribution in [1.29, 1.82) is 0 Å². The van der Waals surface area contributed by atoms with E-state index in [2.05, 4.69) is 192 Å². The molecule has 1 fully saturated rings. The van der Waals surface area contributed by atoms with Crippen molar-refractivity contribution in [3.63, 3.8) is 0 Å². The molecular formula is C51H63NO3Si. The fourth-order valence-electron chi connectivity index (χ4n) is 9.69. The summed E-state index contributed by atoms with van der Waals surface area (Å²) in [5.74, 6) is 1.37. The first-order valence-electron chi connectivity index (χ1n) is 20.9. The number of hydrogen-bond donors (Lipinski definition) is 1. The summed E-state index contributed by atoms with van der Waals surface area (Å²) in [6, 6.07) is 54.0. The van der Waals surface area contributed by atoms with Gasteiger partial charge in [0, 0.05) is 19.6 Å². The lowest BCUT2D eigenvalue weighted by Crippen LogP contribution is -2.67. The summed E-state index contributed by atoms with van der Waals surface area (Å²) in [7, 11) is -2.78. The van der Waals surface area contributed by atoms with E-state index in [0.717, 1.165) is 48.8 Å². The predicted octanol–water partition coefficient (Wildman–Crippen LogP) is 10.5. The lowest BCUT2D eigenvalue weighted by Gasteiger charge is -2.44. The van der Waals surface area contributed by atoms with E-state index in [1.807, 2.05) is 0 Å². The van der Waals surface area contributed by atoms with Gasteiger partial charge >= 0.3 is 0 Å². The second-order valence-corrected chi connectivity index (χ2v) is 21.4. The molecule has 0 aromatic heterocycles. The second kappa shape index (κ2) is 18.8. The molecule has 1 amide bonds. The smallest absolute Gasteiger partial charge is 0.261 e. The van der Waals surface area contributed by atoms with Crippen molar-refractivity contribution in [3.05, 3.63) is 168 Å². The summed E-state index contributed by atoms with van der Waals surface area (Å²) in [4.78, 5) is 12.9. The Kier molecular flexibility index (Phi) is 13.9. The largest absolute Gasteiger partial charge is 0.407 e. The van der Waals surface area contributed by atoms with Gasteiger partial charge in [-0.25, -0.2) is 0 Å². The highest BCUT2D eigenvalue weighted by molar-refractivity contribution is 6.99. The van der Waals surface area contributed by atoms with Gasteiger partial charge in [0.2, 0.25) is 5.91 Å². The van der Waals surface area contributed by atoms with Crippen LogP contribution in [0.25, 0.3) is 0 Å². The number of carbonyl (C=O) groups excluding carboxylic acids is 1. The summed E-state index contributed by atoms with van der Waals surface area (Å²) in [5.41, 5.74) is 2.56. The Morgan fingerprint density at radius 3 is 1.48 bits per heavy atom. The Bertz CT molecular complexity index is 1770. The van der Waals surface area contributed by atoms with Gasteiger partial charge in [-0.15, -0.1) is 0 Å². The van der Waals surface area contributed by atoms with Gasteiger partial charge in [-0.2, -0.15) is 0 Å². The third-order valence-electron chi connectivity index (χ3n) is 12.5. The number of benzene rings is 5. The lowest BCUT2D eigenvalue weighted by atomic mass is 9.80. The minimum Gasteiger partial charge on any atom is -0.407 e. The van der Waals surface area contributed by atoms with Crippen molar-refractivity contribution in [2.45, 2.75) is 90.3 Å². The number of carbonyl (C=O) groups is 1. The molecule has 4 nitrogen and oxygen atoms in total. The van der Waals surface area contributed by atoms with E-state index in [0.29, 0.717) is 19.1 Å². The second-order valence-electron chi connectivity index (χ2n) is 17.1. The minimum absolute atomic E-state index is 0.0450. The van der Waals surface area contributed by atoms with Crippen LogP contribution < -0.4 is 15.7 Å². The molecule has 0 unspecified atom stereocenters. The molecule has 0 radical (unpaired) electrons. The average Bonchev–Trinajstić information content (AvgIpc) is 3.64. The van der Waals surface area contributed by atoms with Crippen LogP contribution in [-0.4, -0.2) is 33.5 Å². The molecule has 5 aromatic rings. The van der Waals surface area contributed by atoms with Gasteiger partial charge in [-0.05, 0) is 75.0 Å². The topological polar surface area (TPSA) is 47.6 Å². The van der Waals surface area contributed by atoms with Crippen molar-refractivity contribution < 1.29 is 14.0 Å². The standard InChI is InChI=1S/C51H63NO3Si/c1-7-40(8-2)36-49(52-39(3)53)48-35-41(34-42(48)38-55-56(50(4,5)6,46-30-20-12-21-31-46)47-32-22-13-23-33-47)37-54-51(43-24-14-9-15-25-43,44-26-16-10-17-27-44)45-28-18-11-19-29-45/h9-33,40-42,48-49H,7-8,34-38H2,1-6H3,(H,52,53)/t41-,42-,48+,49-/m0/s1. The fraction of sp³-hybridized carbons (Fsp3) is 0.392. The van der Waals surface area contributed by atoms with E-state index in [4.69, 9.17) is 9.16 Å². The maximum Gasteiger partial charge on any atom is 0.261 e. The highest BCUT2D eigenvalue weighted by atomic mass is 28.4. The van der Waals surface area contributed by atoms with E-state index in [9.17, 15) is 4.79 Å². The molecule has 6 rings (SSSR count). The van der Waals surface area contributed by atoms with Crippen LogP contribution in [0.15, 0.2) is 152 Å². The first kappa shape index (κ1) is 41.3. The molecule has 1 aliphatic rings. The molecule has 1 saturated carbocycles. The third-order valence-corrected chi connectivity index (χ3v) is 17.5. The average molecular weight is 766 g/mol. The molecule has 1 N–H and O–H groups in total. The zero-order valence-corrected chi connectivity index (χ0v) is 35.5. The summed E-state index contributed by atoms with van der Waals surface area (Å²) >= 11 is 0. The van der Waals surface area contributed by atoms with Crippen molar-refractivity contribution in [3.8, 4) is 0 Å². The number of amides is 1. The van der Waals surface area contributed by atoms with E-state index in [1.54, 1.807) is 6.92 Å². The van der Waals surface area contributed by atoms with Gasteiger partial charge in [0.05, 0.1) is 6.61 Å². The molecule has 5 heteroatoms. The van der Waals surface area contributed by atoms with Crippen LogP contribution in [-0.2, 0) is 19.6 Å². The highest BCUT2D eigenvalue weighted by Crippen LogP contribution is 2.46. The SMILES string of the molecule is CCC(CC)C[C@H](NC(C)=O)[C@@H]1C[C@@H](COC(c2ccccc2)(c2ccccc2)c2ccccc2)C[C@H]1CO[Si](c1ccccc1)(c1ccccc1)C(C)(C)C. The van der Waals surface area contributed by atoms with E-state index in [-0.39, 0.29) is 34.7 Å². The Hall–Kier alpha value is -4.29. The molecule has 1 aliphatic carbocycles. The Balaban J connectivity index is 1.39. The van der Waals surface area contributed by atoms with Gasteiger partial charge in [0.25, 0.3) is 8.32 Å². The number of rotatable bonds is 17. The number of nitrogens with one attached hydrogen (secondary N) is 1. The lowest BCUT2D eigenvalue weighted by molar-refractivity contribution is -0.120. The van der Waals surface area contributed by atoms with E-state index in [1.165, 1.54) is 10.4 Å². The summed E-state index contributed by atoms with van der Waals surface area (Å²) < 4.78 is 15.2. The van der Waals surface area contributed by atoms with Gasteiger partial charge in [0.15, 0.2) is 0 Å². The molecule has 0 aliphatic heterocycles. The van der Waals surface area contributed by atoms with Gasteiger partial charge in [-0.1, -0.05) is 199 Å². The van der Waals surface area contributed by atoms with Crippen molar-refractivity contribution in [2.24, 2.45) is 23.7 Å². The molecule has 4 atom stereocenters. The van der Waals surface area contributed by atoms with Crippen molar-refractivity contribution in [2.75, 3.05) is 13.2 Å². The van der Waals surface area contributed by atoms with Gasteiger partial charge < -0.3 is 14.5 Å². The van der Waals surface area contributed by atoms with Crippen molar-refractivity contribution in [1.82, 2.24) is 5.32 Å². The summed E-state index contributed by atoms with van der Waals surface area (Å²) in [5, 5.41) is 5.95. The van der Waals surface area contributed by atoms with Crippen LogP contribution >= 0.6 is 0 Å². The van der Waals surface area contributed by atoms with Gasteiger partial charge in [-0.3, -0.25) is 4.79 Å². The molecule has 0 saturated heterocycles. The van der Waals surface area contributed by atoms with Crippen LogP contribution in [0.5, 0.6) is 0 Å². The number of hydrogen-bond acceptors (Lipinski definition) is 3. The summed E-state index contributed by atoms with van der Waals surface area (Å²) in [6.07, 6.45) is 5.11. The normalized spacial score (nSPS) is 18.2. The van der Waals surface area contributed by atoms with Gasteiger partial charge in [0.1, 0.15) is 5.60 Å². The highest BCUT2D eigenvalue weighted by Gasteiger charge is 2.52. The first-order valence-corrected chi connectivity index (χ1v) is 22.9. The monoisotopic (exact) mass is 765 g/mol. The Morgan fingerprint density at radius 1 is 0.661 bits per heavy atom. The van der Waals surface area contributed by atoms with Crippen LogP contribution in [0.3, 0.4) is 0 Å². The molecular weight excluding hydrogens is 703 g/mol. The molecule has 56 heavy (non-hydrogen) atoms. The third kappa shape index (κ3) is 8.96. The quantitative estimate of drug-likeness (QED) is 0.0758. The van der Waals surface area contributed by atoms with Crippen LogP contribution in [0.2, 0.25) is 5.04 Å². The van der Waals surface area contributed by atoms with Crippen LogP contribution in [0.4, 0.5) is 0 Å². The Morgan fingerprint density at radius 2 is 1.09 bits per heavy atom. The first-order chi connectivity index (χ1) is 27.1. The molecule has 0 spiro atoms. The molecule has 5 aromatic carbocycles.